The summed E-state index contributed by atoms with van der Waals surface area (Å²) in [6.07, 6.45) is 8.79. The number of hydrogen-bond acceptors (Lipinski definition) is 4. The lowest BCUT2D eigenvalue weighted by atomic mass is 9.95. The van der Waals surface area contributed by atoms with Crippen LogP contribution in [0.5, 0.6) is 0 Å². The van der Waals surface area contributed by atoms with Gasteiger partial charge >= 0.3 is 0 Å². The van der Waals surface area contributed by atoms with E-state index in [0.717, 1.165) is 76.2 Å². The third kappa shape index (κ3) is 9.98. The summed E-state index contributed by atoms with van der Waals surface area (Å²) in [4.78, 5) is 27.9. The molecule has 3 aromatic carbocycles. The van der Waals surface area contributed by atoms with E-state index >= 15 is 0 Å². The Bertz CT molecular complexity index is 1530. The van der Waals surface area contributed by atoms with E-state index in [4.69, 9.17) is 4.79 Å². The monoisotopic (exact) mass is 635 g/mol. The van der Waals surface area contributed by atoms with Crippen molar-refractivity contribution < 1.29 is 26.0 Å². The number of benzene rings is 3. The first-order valence-electron chi connectivity index (χ1n) is 16.4. The van der Waals surface area contributed by atoms with E-state index in [-0.39, 0.29) is 20.4 Å². The highest BCUT2D eigenvalue weighted by Crippen LogP contribution is 2.30. The van der Waals surface area contributed by atoms with Gasteiger partial charge in [-0.25, -0.2) is 8.78 Å². The van der Waals surface area contributed by atoms with Gasteiger partial charge in [-0.1, -0.05) is 67.9 Å². The summed E-state index contributed by atoms with van der Waals surface area (Å²) in [5.41, 5.74) is 7.32. The predicted molar refractivity (Wildman–Crippen MR) is 184 cm³/mol. The molecule has 2 aliphatic rings. The minimum Gasteiger partial charge on any atom is -0.471 e. The van der Waals surface area contributed by atoms with E-state index in [9.17, 15) is 13.6 Å². The van der Waals surface area contributed by atoms with Crippen LogP contribution in [0, 0.1) is 0 Å². The number of aromatic nitrogens is 1. The number of carbonyl (C=O) groups is 2. The van der Waals surface area contributed by atoms with Crippen LogP contribution in [0.4, 0.5) is 8.78 Å². The zero-order valence-corrected chi connectivity index (χ0v) is 27.3. The number of nitrogens with one attached hydrogen (secondary N) is 2. The van der Waals surface area contributed by atoms with E-state index in [2.05, 4.69) is 69.3 Å². The molecule has 0 spiro atoms. The normalized spacial score (nSPS) is 15.1. The topological polar surface area (TPSA) is 74.4 Å². The van der Waals surface area contributed by atoms with Gasteiger partial charge in [0.2, 0.25) is 0 Å². The Morgan fingerprint density at radius 2 is 1.70 bits per heavy atom. The molecule has 46 heavy (non-hydrogen) atoms. The lowest BCUT2D eigenvalue weighted by molar-refractivity contribution is -0.126. The standard InChI is InChI=1S/C25H29N3O.C11H14F2.C2H4O2.2H2/c29-25(19-10-11-24-22(16-19)21-8-4-5-9-23(21)27-24)26-20-12-14-28(15-13-20)17-18-6-2-1-3-7-18;1-3-4-9-5-7-10(8-6-9)11(2,12)13;1-4-2-3;;/h1-3,6-7,10-11,16,20,27H,4-5,8-9,12-15,17H2,(H,26,29);5-8H,3-4H2,1-2H3;2H,1H3;2*1H. The minimum absolute atomic E-state index is 0. The first kappa shape index (κ1) is 34.8. The fourth-order valence-corrected chi connectivity index (χ4v) is 6.15. The van der Waals surface area contributed by atoms with Crippen molar-refractivity contribution >= 4 is 23.3 Å². The molecule has 6 nitrogen and oxygen atoms in total. The van der Waals surface area contributed by atoms with Gasteiger partial charge in [0.25, 0.3) is 18.3 Å². The average Bonchev–Trinajstić information content (AvgIpc) is 3.45. The van der Waals surface area contributed by atoms with Gasteiger partial charge in [0.05, 0.1) is 7.11 Å². The number of ether oxygens (including phenoxy) is 1. The van der Waals surface area contributed by atoms with Crippen molar-refractivity contribution in [3.05, 3.63) is 106 Å². The molecular formula is C38H51F2N3O3. The van der Waals surface area contributed by atoms with Crippen LogP contribution >= 0.6 is 0 Å². The summed E-state index contributed by atoms with van der Waals surface area (Å²) in [6, 6.07) is 23.6. The number of fused-ring (bicyclic) bond motifs is 3. The van der Waals surface area contributed by atoms with Gasteiger partial charge in [-0.15, -0.1) is 0 Å². The van der Waals surface area contributed by atoms with E-state index in [1.807, 2.05) is 6.07 Å². The molecule has 1 amide bonds. The molecule has 0 atom stereocenters. The van der Waals surface area contributed by atoms with Crippen molar-refractivity contribution in [3.8, 4) is 0 Å². The lowest BCUT2D eigenvalue weighted by Crippen LogP contribution is -2.44. The Hall–Kier alpha value is -4.04. The van der Waals surface area contributed by atoms with Crippen molar-refractivity contribution in [1.82, 2.24) is 15.2 Å². The van der Waals surface area contributed by atoms with Crippen LogP contribution in [0.25, 0.3) is 10.9 Å². The van der Waals surface area contributed by atoms with Gasteiger partial charge < -0.3 is 15.0 Å². The smallest absolute Gasteiger partial charge is 0.292 e. The van der Waals surface area contributed by atoms with Crippen LogP contribution in [0.3, 0.4) is 0 Å². The zero-order valence-electron chi connectivity index (χ0n) is 27.3. The molecule has 0 unspecified atom stereocenters. The summed E-state index contributed by atoms with van der Waals surface area (Å²) < 4.78 is 29.4. The maximum Gasteiger partial charge on any atom is 0.292 e. The highest BCUT2D eigenvalue weighted by atomic mass is 19.3. The Morgan fingerprint density at radius 1 is 1.02 bits per heavy atom. The second-order valence-electron chi connectivity index (χ2n) is 12.2. The molecule has 6 rings (SSSR count). The maximum atomic E-state index is 12.9. The number of carbonyl (C=O) groups excluding carboxylic acids is 2. The molecule has 0 bridgehead atoms. The Kier molecular flexibility index (Phi) is 12.9. The van der Waals surface area contributed by atoms with Gasteiger partial charge in [-0.2, -0.15) is 0 Å². The zero-order chi connectivity index (χ0) is 32.9. The van der Waals surface area contributed by atoms with Crippen LogP contribution in [-0.4, -0.2) is 48.5 Å². The molecule has 2 N–H and O–H groups in total. The van der Waals surface area contributed by atoms with Crippen LogP contribution in [-0.2, 0) is 41.3 Å². The Balaban J connectivity index is 0.000000355. The molecule has 0 saturated carbocycles. The average molecular weight is 636 g/mol. The van der Waals surface area contributed by atoms with Gasteiger partial charge in [-0.3, -0.25) is 14.5 Å². The first-order chi connectivity index (χ1) is 22.2. The number of alkyl halides is 2. The molecule has 1 aromatic heterocycles. The van der Waals surface area contributed by atoms with Gasteiger partial charge in [-0.05, 0) is 79.8 Å². The molecule has 1 saturated heterocycles. The third-order valence-electron chi connectivity index (χ3n) is 8.63. The van der Waals surface area contributed by atoms with E-state index in [1.54, 1.807) is 12.1 Å². The number of H-pyrrole nitrogens is 1. The summed E-state index contributed by atoms with van der Waals surface area (Å²) in [5.74, 6) is -2.65. The second-order valence-corrected chi connectivity index (χ2v) is 12.2. The molecule has 4 aromatic rings. The highest BCUT2D eigenvalue weighted by molar-refractivity contribution is 5.99. The summed E-state index contributed by atoms with van der Waals surface area (Å²) in [7, 11) is 1.31. The van der Waals surface area contributed by atoms with Crippen LogP contribution in [0.1, 0.15) is 87.1 Å². The van der Waals surface area contributed by atoms with Gasteiger partial charge in [0.15, 0.2) is 0 Å². The van der Waals surface area contributed by atoms with Crippen molar-refractivity contribution in [3.63, 3.8) is 0 Å². The summed E-state index contributed by atoms with van der Waals surface area (Å²) >= 11 is 0. The first-order valence-corrected chi connectivity index (χ1v) is 16.4. The SMILES string of the molecule is CCCc1ccc(C(C)(F)F)cc1.COC=O.O=C(NC1CCN(Cc2ccccc2)CC1)c1ccc2[nH]c3c(c2c1)CCCC3.[HH].[HH]. The Morgan fingerprint density at radius 3 is 2.33 bits per heavy atom. The quantitative estimate of drug-likeness (QED) is 0.191. The molecule has 1 fully saturated rings. The van der Waals surface area contributed by atoms with E-state index in [0.29, 0.717) is 6.47 Å². The molecule has 250 valence electrons. The molecule has 0 radical (unpaired) electrons. The molecule has 2 heterocycles. The summed E-state index contributed by atoms with van der Waals surface area (Å²) in [5, 5.41) is 4.52. The molecule has 1 aliphatic carbocycles. The number of aryl methyl sites for hydroxylation is 3. The number of amides is 1. The van der Waals surface area contributed by atoms with Crippen LogP contribution in [0.2, 0.25) is 0 Å². The van der Waals surface area contributed by atoms with Crippen molar-refractivity contribution in [2.45, 2.75) is 83.7 Å². The van der Waals surface area contributed by atoms with Crippen molar-refractivity contribution in [1.29, 1.82) is 0 Å². The molecule has 1 aliphatic heterocycles. The predicted octanol–water partition coefficient (Wildman–Crippen LogP) is 8.47. The van der Waals surface area contributed by atoms with Crippen LogP contribution < -0.4 is 5.32 Å². The van der Waals surface area contributed by atoms with E-state index < -0.39 is 5.92 Å². The minimum atomic E-state index is -2.72. The number of rotatable bonds is 8. The fourth-order valence-electron chi connectivity index (χ4n) is 6.15. The number of aromatic amines is 1. The number of likely N-dealkylation sites (tertiary alicyclic amines) is 1. The molecule has 8 heteroatoms. The largest absolute Gasteiger partial charge is 0.471 e. The number of piperidine rings is 1. The van der Waals surface area contributed by atoms with E-state index in [1.165, 1.54) is 59.8 Å². The second kappa shape index (κ2) is 17.0. The number of methoxy groups -OCH3 is 1. The fraction of sp³-hybridized carbons (Fsp3) is 0.421. The van der Waals surface area contributed by atoms with Gasteiger partial charge in [0.1, 0.15) is 0 Å². The lowest BCUT2D eigenvalue weighted by Gasteiger charge is -2.32. The Labute approximate surface area is 274 Å². The third-order valence-corrected chi connectivity index (χ3v) is 8.63. The van der Waals surface area contributed by atoms with Crippen molar-refractivity contribution in [2.24, 2.45) is 0 Å². The molecular weight excluding hydrogens is 584 g/mol. The van der Waals surface area contributed by atoms with Crippen LogP contribution in [0.15, 0.2) is 72.8 Å². The number of halogens is 2. The van der Waals surface area contributed by atoms with Gasteiger partial charge in [0, 0.05) is 63.2 Å². The highest BCUT2D eigenvalue weighted by Gasteiger charge is 2.24. The number of nitrogens with zero attached hydrogens (tertiary/aromatic N) is 1. The van der Waals surface area contributed by atoms with Crippen molar-refractivity contribution in [2.75, 3.05) is 20.2 Å². The summed E-state index contributed by atoms with van der Waals surface area (Å²) in [6.45, 7) is 6.43. The number of hydrogen-bond donors (Lipinski definition) is 2. The maximum absolute atomic E-state index is 12.9.